The zero-order valence-corrected chi connectivity index (χ0v) is 23.6. The first kappa shape index (κ1) is 27.2. The van der Waals surface area contributed by atoms with E-state index in [1.54, 1.807) is 10.7 Å². The number of nitrogens with zero attached hydrogens (tertiary/aromatic N) is 3. The summed E-state index contributed by atoms with van der Waals surface area (Å²) in [5.41, 5.74) is 4.90. The highest BCUT2D eigenvalue weighted by Gasteiger charge is 2.38. The third kappa shape index (κ3) is 5.78. The molecule has 0 saturated carbocycles. The number of hydrogen-bond acceptors (Lipinski definition) is 5. The summed E-state index contributed by atoms with van der Waals surface area (Å²) in [6.45, 7) is 2.94. The van der Waals surface area contributed by atoms with Crippen molar-refractivity contribution < 1.29 is 18.7 Å². The van der Waals surface area contributed by atoms with Crippen molar-refractivity contribution in [3.8, 4) is 16.9 Å². The van der Waals surface area contributed by atoms with Crippen LogP contribution in [-0.4, -0.2) is 53.1 Å². The van der Waals surface area contributed by atoms with E-state index in [4.69, 9.17) is 9.84 Å². The van der Waals surface area contributed by atoms with Crippen molar-refractivity contribution in [1.82, 2.24) is 15.1 Å². The van der Waals surface area contributed by atoms with Gasteiger partial charge >= 0.3 is 0 Å². The zero-order chi connectivity index (χ0) is 28.3. The summed E-state index contributed by atoms with van der Waals surface area (Å²) < 4.78 is 21.9. The van der Waals surface area contributed by atoms with Crippen molar-refractivity contribution in [3.05, 3.63) is 101 Å². The molecule has 1 fully saturated rings. The Morgan fingerprint density at radius 3 is 2.63 bits per heavy atom. The number of thioether (sulfide) groups is 1. The summed E-state index contributed by atoms with van der Waals surface area (Å²) in [7, 11) is 0. The van der Waals surface area contributed by atoms with Crippen LogP contribution in [0, 0.1) is 12.7 Å². The maximum absolute atomic E-state index is 14.5. The Morgan fingerprint density at radius 2 is 1.90 bits per heavy atom. The Balaban J connectivity index is 1.51. The van der Waals surface area contributed by atoms with Crippen LogP contribution in [0.5, 0.6) is 0 Å². The summed E-state index contributed by atoms with van der Waals surface area (Å²) in [6.07, 6.45) is 1.87. The van der Waals surface area contributed by atoms with Crippen LogP contribution in [0.3, 0.4) is 0 Å². The summed E-state index contributed by atoms with van der Waals surface area (Å²) in [5.74, 6) is -0.194. The first-order chi connectivity index (χ1) is 20.0. The number of carbonyl (C=O) groups is 2. The molecule has 2 atom stereocenters. The maximum Gasteiger partial charge on any atom is 0.240 e. The standard InChI is InChI=1S/C32H31FN4O3S/c1-21-12-14-25(15-13-21)37-32-29(30(35-37)22-7-3-2-4-8-22)31(23-9-5-10-24(33)17-23)41-20-28(39)36(32)19-27(38)34-18-26-11-6-16-40-26/h2-5,7-10,12-15,17,26,31H,6,11,16,18-20H2,1H3,(H,34,38)/t26-,31-/m0/s1. The van der Waals surface area contributed by atoms with E-state index in [2.05, 4.69) is 5.32 Å². The topological polar surface area (TPSA) is 76.5 Å². The fourth-order valence-corrected chi connectivity index (χ4v) is 6.55. The number of anilines is 1. The molecule has 6 rings (SSSR count). The maximum atomic E-state index is 14.5. The number of fused-ring (bicyclic) bond motifs is 1. The van der Waals surface area contributed by atoms with E-state index in [0.717, 1.165) is 40.8 Å². The molecule has 1 saturated heterocycles. The van der Waals surface area contributed by atoms with Crippen LogP contribution in [0.25, 0.3) is 16.9 Å². The van der Waals surface area contributed by atoms with Crippen LogP contribution >= 0.6 is 11.8 Å². The number of amides is 2. The van der Waals surface area contributed by atoms with Crippen LogP contribution in [0.4, 0.5) is 10.2 Å². The first-order valence-corrected chi connectivity index (χ1v) is 14.8. The molecule has 210 valence electrons. The molecule has 41 heavy (non-hydrogen) atoms. The Bertz CT molecular complexity index is 1550. The third-order valence-electron chi connectivity index (χ3n) is 7.42. The van der Waals surface area contributed by atoms with Crippen molar-refractivity contribution in [2.75, 3.05) is 30.3 Å². The Labute approximate surface area is 242 Å². The minimum Gasteiger partial charge on any atom is -0.376 e. The van der Waals surface area contributed by atoms with Crippen molar-refractivity contribution in [1.29, 1.82) is 0 Å². The van der Waals surface area contributed by atoms with Gasteiger partial charge in [0.05, 0.1) is 28.5 Å². The van der Waals surface area contributed by atoms with E-state index in [0.29, 0.717) is 24.7 Å². The molecule has 3 heterocycles. The molecule has 2 aliphatic rings. The number of benzene rings is 3. The normalized spacial score (nSPS) is 18.7. The number of ether oxygens (including phenoxy) is 1. The molecule has 7 nitrogen and oxygen atoms in total. The fourth-order valence-electron chi connectivity index (χ4n) is 5.36. The number of aryl methyl sites for hydroxylation is 1. The monoisotopic (exact) mass is 570 g/mol. The lowest BCUT2D eigenvalue weighted by Gasteiger charge is -2.23. The largest absolute Gasteiger partial charge is 0.376 e. The highest BCUT2D eigenvalue weighted by molar-refractivity contribution is 8.00. The Hall–Kier alpha value is -3.95. The predicted octanol–water partition coefficient (Wildman–Crippen LogP) is 5.45. The lowest BCUT2D eigenvalue weighted by molar-refractivity contribution is -0.123. The molecule has 0 spiro atoms. The lowest BCUT2D eigenvalue weighted by atomic mass is 9.99. The van der Waals surface area contributed by atoms with Crippen LogP contribution in [0.2, 0.25) is 0 Å². The van der Waals surface area contributed by atoms with Crippen LogP contribution < -0.4 is 10.2 Å². The van der Waals surface area contributed by atoms with Gasteiger partial charge in [0.25, 0.3) is 0 Å². The van der Waals surface area contributed by atoms with Gasteiger partial charge in [-0.2, -0.15) is 5.10 Å². The van der Waals surface area contributed by atoms with Gasteiger partial charge in [0.1, 0.15) is 18.2 Å². The molecule has 0 unspecified atom stereocenters. The van der Waals surface area contributed by atoms with Crippen LogP contribution in [0.15, 0.2) is 78.9 Å². The summed E-state index contributed by atoms with van der Waals surface area (Å²) in [4.78, 5) is 28.6. The number of rotatable bonds is 7. The SMILES string of the molecule is Cc1ccc(-n2nc(-c3ccccc3)c3c2N(CC(=O)NC[C@@H]2CCCO2)C(=O)CS[C@H]3c2cccc(F)c2)cc1. The molecule has 1 aromatic heterocycles. The Morgan fingerprint density at radius 1 is 1.10 bits per heavy atom. The smallest absolute Gasteiger partial charge is 0.240 e. The van der Waals surface area contributed by atoms with Gasteiger partial charge in [-0.3, -0.25) is 14.5 Å². The zero-order valence-electron chi connectivity index (χ0n) is 22.8. The second-order valence-corrected chi connectivity index (χ2v) is 11.5. The Kier molecular flexibility index (Phi) is 7.89. The molecular weight excluding hydrogens is 539 g/mol. The van der Waals surface area contributed by atoms with Crippen molar-refractivity contribution in [3.63, 3.8) is 0 Å². The number of hydrogen-bond donors (Lipinski definition) is 1. The van der Waals surface area contributed by atoms with Gasteiger partial charge in [-0.05, 0) is 49.6 Å². The molecule has 4 aromatic rings. The second-order valence-electron chi connectivity index (χ2n) is 10.4. The second kappa shape index (κ2) is 11.9. The van der Waals surface area contributed by atoms with Crippen molar-refractivity contribution in [2.24, 2.45) is 0 Å². The van der Waals surface area contributed by atoms with E-state index in [9.17, 15) is 14.0 Å². The number of nitrogens with one attached hydrogen (secondary N) is 1. The van der Waals surface area contributed by atoms with Crippen molar-refractivity contribution >= 4 is 29.4 Å². The quantitative estimate of drug-likeness (QED) is 0.320. The van der Waals surface area contributed by atoms with E-state index < -0.39 is 0 Å². The fraction of sp³-hybridized carbons (Fsp3) is 0.281. The molecule has 0 radical (unpaired) electrons. The van der Waals surface area contributed by atoms with Crippen molar-refractivity contribution in [2.45, 2.75) is 31.1 Å². The highest BCUT2D eigenvalue weighted by atomic mass is 32.2. The molecular formula is C32H31FN4O3S. The summed E-state index contributed by atoms with van der Waals surface area (Å²) >= 11 is 1.42. The molecule has 9 heteroatoms. The molecule has 1 N–H and O–H groups in total. The lowest BCUT2D eigenvalue weighted by Crippen LogP contribution is -2.44. The number of halogens is 1. The summed E-state index contributed by atoms with van der Waals surface area (Å²) in [6, 6.07) is 24.1. The molecule has 2 aliphatic heterocycles. The molecule has 0 bridgehead atoms. The molecule has 3 aromatic carbocycles. The van der Waals surface area contributed by atoms with Crippen LogP contribution in [0.1, 0.15) is 34.8 Å². The molecule has 2 amide bonds. The van der Waals surface area contributed by atoms with E-state index >= 15 is 0 Å². The van der Waals surface area contributed by atoms with Gasteiger partial charge in [-0.1, -0.05) is 60.2 Å². The van der Waals surface area contributed by atoms with Gasteiger partial charge in [0, 0.05) is 24.3 Å². The predicted molar refractivity (Wildman–Crippen MR) is 159 cm³/mol. The molecule has 0 aliphatic carbocycles. The van der Waals surface area contributed by atoms with Gasteiger partial charge in [-0.15, -0.1) is 11.8 Å². The van der Waals surface area contributed by atoms with Gasteiger partial charge in [0.15, 0.2) is 0 Å². The highest BCUT2D eigenvalue weighted by Crippen LogP contribution is 2.48. The average molecular weight is 571 g/mol. The minimum atomic E-state index is -0.390. The van der Waals surface area contributed by atoms with Gasteiger partial charge < -0.3 is 10.1 Å². The van der Waals surface area contributed by atoms with Crippen LogP contribution in [-0.2, 0) is 14.3 Å². The number of aromatic nitrogens is 2. The van der Waals surface area contributed by atoms with E-state index in [-0.39, 0.29) is 41.3 Å². The van der Waals surface area contributed by atoms with E-state index in [1.807, 2.05) is 67.6 Å². The van der Waals surface area contributed by atoms with Gasteiger partial charge in [0.2, 0.25) is 11.8 Å². The minimum absolute atomic E-state index is 0.00923. The summed E-state index contributed by atoms with van der Waals surface area (Å²) in [5, 5.41) is 7.63. The third-order valence-corrected chi connectivity index (χ3v) is 8.67. The first-order valence-electron chi connectivity index (χ1n) is 13.8. The number of carbonyl (C=O) groups excluding carboxylic acids is 2. The van der Waals surface area contributed by atoms with Gasteiger partial charge in [-0.25, -0.2) is 9.07 Å². The van der Waals surface area contributed by atoms with E-state index in [1.165, 1.54) is 28.8 Å². The average Bonchev–Trinajstić information content (AvgIpc) is 3.62.